The van der Waals surface area contributed by atoms with E-state index in [0.717, 1.165) is 12.8 Å². The zero-order valence-electron chi connectivity index (χ0n) is 18.1. The van der Waals surface area contributed by atoms with Crippen molar-refractivity contribution in [2.45, 2.75) is 31.2 Å². The number of piperidine rings is 1. The van der Waals surface area contributed by atoms with Crippen molar-refractivity contribution in [3.05, 3.63) is 53.7 Å². The molecule has 2 amide bonds. The van der Waals surface area contributed by atoms with Gasteiger partial charge < -0.3 is 20.0 Å². The number of nitrogens with one attached hydrogen (secondary N) is 2. The van der Waals surface area contributed by atoms with E-state index in [1.165, 1.54) is 12.3 Å². The third-order valence-corrected chi connectivity index (χ3v) is 9.13. The fourth-order valence-corrected chi connectivity index (χ4v) is 7.64. The summed E-state index contributed by atoms with van der Waals surface area (Å²) >= 11 is 0. The van der Waals surface area contributed by atoms with Crippen LogP contribution in [0.2, 0.25) is 0 Å². The quantitative estimate of drug-likeness (QED) is 0.683. The molecule has 4 heterocycles. The minimum atomic E-state index is -2.88. The van der Waals surface area contributed by atoms with Gasteiger partial charge in [-0.2, -0.15) is 0 Å². The maximum atomic E-state index is 15.0. The lowest BCUT2D eigenvalue weighted by Gasteiger charge is -2.47. The number of nitrogens with zero attached hydrogens (tertiary/aromatic N) is 1. The molecule has 2 atom stereocenters. The van der Waals surface area contributed by atoms with Crippen LogP contribution in [0.4, 0.5) is 10.1 Å². The van der Waals surface area contributed by atoms with Gasteiger partial charge in [-0.05, 0) is 49.1 Å². The smallest absolute Gasteiger partial charge is 0.287 e. The van der Waals surface area contributed by atoms with Crippen molar-refractivity contribution < 1.29 is 26.8 Å². The Hall–Kier alpha value is -2.88. The van der Waals surface area contributed by atoms with Crippen LogP contribution in [-0.2, 0) is 14.6 Å². The maximum Gasteiger partial charge on any atom is 0.287 e. The van der Waals surface area contributed by atoms with E-state index in [1.807, 2.05) is 4.90 Å². The number of hydrogen-bond donors (Lipinski definition) is 2. The first kappa shape index (κ1) is 21.9. The number of rotatable bonds is 5. The summed E-state index contributed by atoms with van der Waals surface area (Å²) in [6.07, 6.45) is 3.35. The maximum absolute atomic E-state index is 15.0. The fraction of sp³-hybridized carbons (Fsp3) is 0.478. The number of sulfone groups is 1. The van der Waals surface area contributed by atoms with Crippen molar-refractivity contribution in [1.82, 2.24) is 10.6 Å². The topological polar surface area (TPSA) is 109 Å². The predicted octanol–water partition coefficient (Wildman–Crippen LogP) is 1.84. The second kappa shape index (κ2) is 8.16. The first-order chi connectivity index (χ1) is 15.7. The van der Waals surface area contributed by atoms with E-state index < -0.39 is 15.8 Å². The Labute approximate surface area is 191 Å². The minimum Gasteiger partial charge on any atom is -0.459 e. The van der Waals surface area contributed by atoms with Crippen molar-refractivity contribution in [3.63, 3.8) is 0 Å². The van der Waals surface area contributed by atoms with E-state index in [1.54, 1.807) is 24.3 Å². The lowest BCUT2D eigenvalue weighted by Crippen LogP contribution is -2.54. The minimum absolute atomic E-state index is 0.130. The zero-order valence-corrected chi connectivity index (χ0v) is 18.9. The van der Waals surface area contributed by atoms with E-state index in [0.29, 0.717) is 30.8 Å². The van der Waals surface area contributed by atoms with Crippen LogP contribution in [0.3, 0.4) is 0 Å². The van der Waals surface area contributed by atoms with Crippen LogP contribution in [0.25, 0.3) is 0 Å². The first-order valence-electron chi connectivity index (χ1n) is 11.1. The lowest BCUT2D eigenvalue weighted by molar-refractivity contribution is -0.120. The van der Waals surface area contributed by atoms with Crippen molar-refractivity contribution >= 4 is 27.3 Å². The summed E-state index contributed by atoms with van der Waals surface area (Å²) in [4.78, 5) is 26.5. The average Bonchev–Trinajstić information content (AvgIpc) is 3.41. The second-order valence-electron chi connectivity index (χ2n) is 9.41. The standard InChI is InChI=1S/C23H26FN3O5S/c24-18-10-15(3-4-19(18)27-7-5-23(6-8-27)13-33(30,31)14-23)17-11-16(26-21(17)28)12-25-22(29)20-2-1-9-32-20/h1-4,9-10,16-17H,5-8,11-14H2,(H,25,29)(H,26,28)/t16?,17-/m0/s1. The van der Waals surface area contributed by atoms with Crippen molar-refractivity contribution in [2.75, 3.05) is 36.0 Å². The summed E-state index contributed by atoms with van der Waals surface area (Å²) in [5, 5.41) is 5.60. The van der Waals surface area contributed by atoms with Gasteiger partial charge in [0.2, 0.25) is 5.91 Å². The number of anilines is 1. The molecule has 1 unspecified atom stereocenters. The van der Waals surface area contributed by atoms with E-state index in [9.17, 15) is 22.4 Å². The summed E-state index contributed by atoms with van der Waals surface area (Å²) in [7, 11) is -2.88. The number of halogens is 1. The van der Waals surface area contributed by atoms with Crippen LogP contribution in [0.15, 0.2) is 41.0 Å². The molecule has 176 valence electrons. The van der Waals surface area contributed by atoms with Gasteiger partial charge in [0.1, 0.15) is 5.82 Å². The number of furan rings is 1. The van der Waals surface area contributed by atoms with Crippen LogP contribution in [0, 0.1) is 11.2 Å². The molecule has 1 aromatic carbocycles. The Bertz CT molecular complexity index is 1160. The molecule has 3 aliphatic heterocycles. The highest BCUT2D eigenvalue weighted by Crippen LogP contribution is 2.43. The Morgan fingerprint density at radius 2 is 2.00 bits per heavy atom. The first-order valence-corrected chi connectivity index (χ1v) is 12.9. The van der Waals surface area contributed by atoms with E-state index in [-0.39, 0.29) is 52.9 Å². The molecule has 3 fully saturated rings. The molecule has 10 heteroatoms. The third kappa shape index (κ3) is 4.36. The summed E-state index contributed by atoms with van der Waals surface area (Å²) in [6.45, 7) is 1.49. The molecule has 2 aromatic rings. The molecule has 1 spiro atoms. The Morgan fingerprint density at radius 1 is 1.24 bits per heavy atom. The van der Waals surface area contributed by atoms with Gasteiger partial charge in [-0.3, -0.25) is 9.59 Å². The van der Waals surface area contributed by atoms with Gasteiger partial charge in [-0.1, -0.05) is 6.07 Å². The largest absolute Gasteiger partial charge is 0.459 e. The molecular formula is C23H26FN3O5S. The Morgan fingerprint density at radius 3 is 2.64 bits per heavy atom. The molecule has 0 radical (unpaired) electrons. The Balaban J connectivity index is 1.19. The van der Waals surface area contributed by atoms with E-state index >= 15 is 0 Å². The number of carbonyl (C=O) groups is 2. The van der Waals surface area contributed by atoms with Gasteiger partial charge in [-0.25, -0.2) is 12.8 Å². The van der Waals surface area contributed by atoms with Gasteiger partial charge in [-0.15, -0.1) is 0 Å². The van der Waals surface area contributed by atoms with Crippen molar-refractivity contribution in [2.24, 2.45) is 5.41 Å². The lowest BCUT2D eigenvalue weighted by atomic mass is 9.81. The van der Waals surface area contributed by atoms with Crippen LogP contribution in [-0.4, -0.2) is 57.4 Å². The molecule has 8 nitrogen and oxygen atoms in total. The van der Waals surface area contributed by atoms with E-state index in [2.05, 4.69) is 10.6 Å². The summed E-state index contributed by atoms with van der Waals surface area (Å²) in [5.41, 5.74) is 0.957. The van der Waals surface area contributed by atoms with Crippen molar-refractivity contribution in [1.29, 1.82) is 0 Å². The molecule has 0 saturated carbocycles. The predicted molar refractivity (Wildman–Crippen MR) is 119 cm³/mol. The molecule has 3 saturated heterocycles. The number of amides is 2. The van der Waals surface area contributed by atoms with E-state index in [4.69, 9.17) is 4.42 Å². The molecule has 0 aliphatic carbocycles. The van der Waals surface area contributed by atoms with Crippen LogP contribution in [0.5, 0.6) is 0 Å². The monoisotopic (exact) mass is 475 g/mol. The summed E-state index contributed by atoms with van der Waals surface area (Å²) < 4.78 is 43.2. The highest BCUT2D eigenvalue weighted by atomic mass is 32.2. The van der Waals surface area contributed by atoms with Gasteiger partial charge in [0.05, 0.1) is 29.4 Å². The molecule has 3 aliphatic rings. The van der Waals surface area contributed by atoms with Crippen molar-refractivity contribution in [3.8, 4) is 0 Å². The number of carbonyl (C=O) groups excluding carboxylic acids is 2. The second-order valence-corrected chi connectivity index (χ2v) is 11.5. The SMILES string of the molecule is O=C(NCC1C[C@@H](c2ccc(N3CCC4(CC3)CS(=O)(=O)C4)c(F)c2)C(=O)N1)c1ccco1. The Kier molecular flexibility index (Phi) is 5.43. The van der Waals surface area contributed by atoms with Crippen LogP contribution < -0.4 is 15.5 Å². The molecule has 33 heavy (non-hydrogen) atoms. The van der Waals surface area contributed by atoms with Crippen LogP contribution in [0.1, 0.15) is 41.3 Å². The zero-order chi connectivity index (χ0) is 23.2. The average molecular weight is 476 g/mol. The molecule has 0 bridgehead atoms. The van der Waals surface area contributed by atoms with Crippen LogP contribution >= 0.6 is 0 Å². The van der Waals surface area contributed by atoms with Gasteiger partial charge in [0.15, 0.2) is 15.6 Å². The normalized spacial score (nSPS) is 25.5. The molecule has 5 rings (SSSR count). The highest BCUT2D eigenvalue weighted by Gasteiger charge is 2.49. The molecule has 1 aromatic heterocycles. The molecule has 2 N–H and O–H groups in total. The highest BCUT2D eigenvalue weighted by molar-refractivity contribution is 7.92. The summed E-state index contributed by atoms with van der Waals surface area (Å²) in [6, 6.07) is 7.85. The van der Waals surface area contributed by atoms with Gasteiger partial charge >= 0.3 is 0 Å². The third-order valence-electron chi connectivity index (χ3n) is 7.03. The van der Waals surface area contributed by atoms with Gasteiger partial charge in [0.25, 0.3) is 5.91 Å². The fourth-order valence-electron chi connectivity index (χ4n) is 5.28. The van der Waals surface area contributed by atoms with Gasteiger partial charge in [0, 0.05) is 31.1 Å². The molecular weight excluding hydrogens is 449 g/mol. The number of benzene rings is 1. The summed E-state index contributed by atoms with van der Waals surface area (Å²) in [5.74, 6) is -0.710. The number of hydrogen-bond acceptors (Lipinski definition) is 6.